The minimum atomic E-state index is -0.271. The number of ether oxygens (including phenoxy) is 1. The number of aromatic amines is 1. The third-order valence-corrected chi connectivity index (χ3v) is 3.12. The lowest BCUT2D eigenvalue weighted by Crippen LogP contribution is -2.17. The van der Waals surface area contributed by atoms with Gasteiger partial charge in [0.2, 0.25) is 11.1 Å². The SMILES string of the molecule is CCCn1c(Sc2nc(NN)nc(OC)n2)n[nH]c1=O. The molecule has 10 nitrogen and oxygen atoms in total. The Hall–Kier alpha value is -2.14. The topological polar surface area (TPSA) is 137 Å². The summed E-state index contributed by atoms with van der Waals surface area (Å²) in [5.41, 5.74) is 2.05. The molecule has 20 heavy (non-hydrogen) atoms. The van der Waals surface area contributed by atoms with Crippen molar-refractivity contribution in [3.8, 4) is 6.01 Å². The van der Waals surface area contributed by atoms with Crippen molar-refractivity contribution in [3.05, 3.63) is 10.5 Å². The molecule has 0 aliphatic heterocycles. The van der Waals surface area contributed by atoms with Gasteiger partial charge in [-0.3, -0.25) is 9.99 Å². The van der Waals surface area contributed by atoms with E-state index in [4.69, 9.17) is 10.6 Å². The van der Waals surface area contributed by atoms with Crippen LogP contribution in [0.15, 0.2) is 15.1 Å². The lowest BCUT2D eigenvalue weighted by molar-refractivity contribution is 0.373. The van der Waals surface area contributed by atoms with Gasteiger partial charge in [0.15, 0.2) is 5.16 Å². The van der Waals surface area contributed by atoms with Crippen molar-refractivity contribution in [1.82, 2.24) is 29.7 Å². The van der Waals surface area contributed by atoms with Crippen molar-refractivity contribution in [1.29, 1.82) is 0 Å². The summed E-state index contributed by atoms with van der Waals surface area (Å²) in [6.45, 7) is 2.53. The zero-order chi connectivity index (χ0) is 14.5. The van der Waals surface area contributed by atoms with E-state index >= 15 is 0 Å². The van der Waals surface area contributed by atoms with Crippen LogP contribution in [-0.4, -0.2) is 36.8 Å². The summed E-state index contributed by atoms with van der Waals surface area (Å²) in [5.74, 6) is 5.44. The van der Waals surface area contributed by atoms with Gasteiger partial charge in [-0.05, 0) is 18.2 Å². The van der Waals surface area contributed by atoms with Crippen molar-refractivity contribution in [3.63, 3.8) is 0 Å². The third kappa shape index (κ3) is 3.05. The molecule has 11 heteroatoms. The van der Waals surface area contributed by atoms with Gasteiger partial charge in [-0.25, -0.2) is 15.7 Å². The number of rotatable bonds is 6. The average Bonchev–Trinajstić information content (AvgIpc) is 2.80. The Morgan fingerprint density at radius 2 is 2.25 bits per heavy atom. The van der Waals surface area contributed by atoms with Gasteiger partial charge < -0.3 is 4.74 Å². The lowest BCUT2D eigenvalue weighted by atomic mass is 10.5. The molecule has 0 atom stereocenters. The maximum Gasteiger partial charge on any atom is 0.343 e. The normalized spacial score (nSPS) is 10.6. The first-order chi connectivity index (χ1) is 9.67. The standard InChI is InChI=1S/C9H14N8O2S/c1-3-4-17-8(18)15-16-9(17)20-7-12-5(14-10)11-6(13-7)19-2/h3-4,10H2,1-2H3,(H,15,18)(H,11,12,13,14). The maximum absolute atomic E-state index is 11.6. The summed E-state index contributed by atoms with van der Waals surface area (Å²) >= 11 is 1.12. The number of H-pyrrole nitrogens is 1. The number of hydrogen-bond donors (Lipinski definition) is 3. The van der Waals surface area contributed by atoms with Crippen LogP contribution in [0.1, 0.15) is 13.3 Å². The number of anilines is 1. The number of hydrazine groups is 1. The number of nitrogen functional groups attached to an aromatic ring is 1. The molecule has 2 rings (SSSR count). The quantitative estimate of drug-likeness (QED) is 0.481. The molecule has 2 aromatic rings. The number of nitrogens with one attached hydrogen (secondary N) is 2. The molecule has 4 N–H and O–H groups in total. The van der Waals surface area contributed by atoms with Crippen LogP contribution >= 0.6 is 11.8 Å². The summed E-state index contributed by atoms with van der Waals surface area (Å²) in [5, 5.41) is 7.12. The van der Waals surface area contributed by atoms with Crippen LogP contribution in [0, 0.1) is 0 Å². The van der Waals surface area contributed by atoms with E-state index in [1.54, 1.807) is 0 Å². The van der Waals surface area contributed by atoms with Crippen LogP contribution in [-0.2, 0) is 6.54 Å². The molecule has 0 spiro atoms. The Balaban J connectivity index is 2.32. The average molecular weight is 298 g/mol. The Bertz CT molecular complexity index is 617. The van der Waals surface area contributed by atoms with E-state index in [9.17, 15) is 4.79 Å². The molecule has 0 aliphatic rings. The minimum Gasteiger partial charge on any atom is -0.467 e. The molecule has 0 aliphatic carbocycles. The number of nitrogens with zero attached hydrogens (tertiary/aromatic N) is 5. The van der Waals surface area contributed by atoms with E-state index in [1.165, 1.54) is 11.7 Å². The third-order valence-electron chi connectivity index (χ3n) is 2.26. The van der Waals surface area contributed by atoms with Gasteiger partial charge in [-0.1, -0.05) is 6.92 Å². The van der Waals surface area contributed by atoms with Crippen LogP contribution in [0.2, 0.25) is 0 Å². The highest BCUT2D eigenvalue weighted by atomic mass is 32.2. The first kappa shape index (κ1) is 14.3. The van der Waals surface area contributed by atoms with E-state index in [0.29, 0.717) is 16.9 Å². The van der Waals surface area contributed by atoms with Gasteiger partial charge in [0, 0.05) is 6.54 Å². The van der Waals surface area contributed by atoms with Crippen LogP contribution in [0.4, 0.5) is 5.95 Å². The molecule has 0 unspecified atom stereocenters. The zero-order valence-corrected chi connectivity index (χ0v) is 11.8. The molecule has 0 bridgehead atoms. The number of nitrogens with two attached hydrogens (primary N) is 1. The highest BCUT2D eigenvalue weighted by Gasteiger charge is 2.13. The van der Waals surface area contributed by atoms with Gasteiger partial charge in [0.25, 0.3) is 0 Å². The predicted molar refractivity (Wildman–Crippen MR) is 71.5 cm³/mol. The molecule has 0 aromatic carbocycles. The Morgan fingerprint density at radius 1 is 1.45 bits per heavy atom. The van der Waals surface area contributed by atoms with Crippen LogP contribution < -0.4 is 21.7 Å². The van der Waals surface area contributed by atoms with E-state index in [1.807, 2.05) is 6.92 Å². The maximum atomic E-state index is 11.6. The molecule has 108 valence electrons. The van der Waals surface area contributed by atoms with E-state index in [2.05, 4.69) is 30.6 Å². The Kier molecular flexibility index (Phi) is 4.53. The molecule has 0 amide bonds. The number of hydrogen-bond acceptors (Lipinski definition) is 9. The van der Waals surface area contributed by atoms with Crippen molar-refractivity contribution in [2.45, 2.75) is 30.2 Å². The molecule has 2 heterocycles. The van der Waals surface area contributed by atoms with Gasteiger partial charge in [-0.2, -0.15) is 15.0 Å². The molecular formula is C9H14N8O2S. The molecule has 0 radical (unpaired) electrons. The lowest BCUT2D eigenvalue weighted by Gasteiger charge is -2.05. The van der Waals surface area contributed by atoms with Crippen LogP contribution in [0.3, 0.4) is 0 Å². The molecule has 0 saturated heterocycles. The van der Waals surface area contributed by atoms with Gasteiger partial charge >= 0.3 is 11.7 Å². The predicted octanol–water partition coefficient (Wildman–Crippen LogP) is -0.388. The first-order valence-electron chi connectivity index (χ1n) is 5.77. The smallest absolute Gasteiger partial charge is 0.343 e. The van der Waals surface area contributed by atoms with Crippen molar-refractivity contribution < 1.29 is 4.74 Å². The Morgan fingerprint density at radius 3 is 2.90 bits per heavy atom. The summed E-state index contributed by atoms with van der Waals surface area (Å²) in [6.07, 6.45) is 0.809. The van der Waals surface area contributed by atoms with Crippen molar-refractivity contribution in [2.75, 3.05) is 12.5 Å². The fraction of sp³-hybridized carbons (Fsp3) is 0.444. The summed E-state index contributed by atoms with van der Waals surface area (Å²) in [6, 6.07) is 0.121. The van der Waals surface area contributed by atoms with Gasteiger partial charge in [-0.15, -0.1) is 5.10 Å². The molecule has 2 aromatic heterocycles. The van der Waals surface area contributed by atoms with Gasteiger partial charge in [0.1, 0.15) is 0 Å². The largest absolute Gasteiger partial charge is 0.467 e. The first-order valence-corrected chi connectivity index (χ1v) is 6.59. The van der Waals surface area contributed by atoms with E-state index in [0.717, 1.165) is 18.2 Å². The highest BCUT2D eigenvalue weighted by Crippen LogP contribution is 2.23. The fourth-order valence-electron chi connectivity index (χ4n) is 1.42. The number of methoxy groups -OCH3 is 1. The van der Waals surface area contributed by atoms with Crippen LogP contribution in [0.25, 0.3) is 0 Å². The Labute approximate surface area is 118 Å². The summed E-state index contributed by atoms with van der Waals surface area (Å²) in [7, 11) is 1.44. The molecular weight excluding hydrogens is 284 g/mol. The van der Waals surface area contributed by atoms with E-state index < -0.39 is 0 Å². The summed E-state index contributed by atoms with van der Waals surface area (Å²) < 4.78 is 6.46. The summed E-state index contributed by atoms with van der Waals surface area (Å²) in [4.78, 5) is 23.6. The second-order valence-corrected chi connectivity index (χ2v) is 4.57. The van der Waals surface area contributed by atoms with Crippen LogP contribution in [0.5, 0.6) is 6.01 Å². The van der Waals surface area contributed by atoms with Crippen molar-refractivity contribution in [2.24, 2.45) is 5.84 Å². The minimum absolute atomic E-state index is 0.121. The number of aromatic nitrogens is 6. The van der Waals surface area contributed by atoms with Crippen molar-refractivity contribution >= 4 is 17.7 Å². The second kappa shape index (κ2) is 6.34. The second-order valence-electron chi connectivity index (χ2n) is 3.64. The van der Waals surface area contributed by atoms with E-state index in [-0.39, 0.29) is 17.6 Å². The van der Waals surface area contributed by atoms with Gasteiger partial charge in [0.05, 0.1) is 7.11 Å². The fourth-order valence-corrected chi connectivity index (χ4v) is 2.22. The monoisotopic (exact) mass is 298 g/mol. The zero-order valence-electron chi connectivity index (χ0n) is 11.0. The highest BCUT2D eigenvalue weighted by molar-refractivity contribution is 7.99. The molecule has 0 saturated carbocycles. The molecule has 0 fully saturated rings.